The quantitative estimate of drug-likeness (QED) is 0.852. The van der Waals surface area contributed by atoms with Crippen LogP contribution in [-0.4, -0.2) is 24.2 Å². The third kappa shape index (κ3) is 2.96. The van der Waals surface area contributed by atoms with E-state index in [4.69, 9.17) is 4.74 Å². The van der Waals surface area contributed by atoms with Crippen molar-refractivity contribution in [2.45, 2.75) is 64.5 Å². The van der Waals surface area contributed by atoms with E-state index >= 15 is 0 Å². The monoisotopic (exact) mass is 265 g/mol. The van der Waals surface area contributed by atoms with Gasteiger partial charge >= 0.3 is 0 Å². The molecule has 1 amide bonds. The first kappa shape index (κ1) is 13.4. The summed E-state index contributed by atoms with van der Waals surface area (Å²) in [4.78, 5) is 12.0. The van der Waals surface area contributed by atoms with Crippen molar-refractivity contribution in [3.8, 4) is 0 Å². The number of amides is 1. The van der Waals surface area contributed by atoms with Crippen molar-refractivity contribution in [3.05, 3.63) is 0 Å². The van der Waals surface area contributed by atoms with Crippen LogP contribution in [0.1, 0.15) is 52.9 Å². The Bertz CT molecular complexity index is 330. The van der Waals surface area contributed by atoms with Gasteiger partial charge in [-0.3, -0.25) is 4.79 Å². The highest BCUT2D eigenvalue weighted by atomic mass is 16.5. The molecule has 0 spiro atoms. The van der Waals surface area contributed by atoms with Gasteiger partial charge in [0.2, 0.25) is 5.91 Å². The molecule has 4 fully saturated rings. The lowest BCUT2D eigenvalue weighted by Gasteiger charge is -2.54. The van der Waals surface area contributed by atoms with Gasteiger partial charge in [0.05, 0.1) is 5.60 Å². The number of rotatable bonds is 3. The van der Waals surface area contributed by atoms with Crippen LogP contribution in [-0.2, 0) is 9.53 Å². The number of ether oxygens (including phenoxy) is 1. The van der Waals surface area contributed by atoms with Gasteiger partial charge in [-0.2, -0.15) is 0 Å². The normalized spacial score (nSPS) is 40.5. The Morgan fingerprint density at radius 1 is 1.05 bits per heavy atom. The Hall–Kier alpha value is -0.570. The molecular formula is C16H27NO2. The van der Waals surface area contributed by atoms with Crippen molar-refractivity contribution in [2.24, 2.45) is 23.7 Å². The van der Waals surface area contributed by atoms with Crippen LogP contribution in [0, 0.1) is 23.7 Å². The third-order valence-electron chi connectivity index (χ3n) is 5.19. The topological polar surface area (TPSA) is 38.3 Å². The van der Waals surface area contributed by atoms with Crippen LogP contribution in [0.2, 0.25) is 0 Å². The summed E-state index contributed by atoms with van der Waals surface area (Å²) in [5.74, 6) is 3.49. The summed E-state index contributed by atoms with van der Waals surface area (Å²) in [5.41, 5.74) is -0.235. The number of hydrogen-bond acceptors (Lipinski definition) is 2. The number of hydrogen-bond donors (Lipinski definition) is 1. The highest BCUT2D eigenvalue weighted by molar-refractivity contribution is 5.77. The molecule has 108 valence electrons. The first-order chi connectivity index (χ1) is 8.90. The Labute approximate surface area is 116 Å². The van der Waals surface area contributed by atoms with E-state index in [9.17, 15) is 4.79 Å². The molecule has 19 heavy (non-hydrogen) atoms. The Balaban J connectivity index is 1.54. The Morgan fingerprint density at radius 2 is 1.58 bits per heavy atom. The zero-order valence-electron chi connectivity index (χ0n) is 12.4. The van der Waals surface area contributed by atoms with E-state index in [1.54, 1.807) is 0 Å². The van der Waals surface area contributed by atoms with E-state index in [2.05, 4.69) is 5.32 Å². The summed E-state index contributed by atoms with van der Waals surface area (Å²) in [6.45, 7) is 6.17. The smallest absolute Gasteiger partial charge is 0.246 e. The molecule has 0 atom stereocenters. The average Bonchev–Trinajstić information content (AvgIpc) is 2.29. The first-order valence-electron chi connectivity index (χ1n) is 7.84. The highest BCUT2D eigenvalue weighted by Gasteiger charge is 2.48. The van der Waals surface area contributed by atoms with Crippen LogP contribution in [0.25, 0.3) is 0 Å². The van der Waals surface area contributed by atoms with Gasteiger partial charge in [0.15, 0.2) is 0 Å². The summed E-state index contributed by atoms with van der Waals surface area (Å²) >= 11 is 0. The van der Waals surface area contributed by atoms with Gasteiger partial charge in [0.1, 0.15) is 6.61 Å². The zero-order valence-corrected chi connectivity index (χ0v) is 12.4. The molecule has 4 aliphatic rings. The van der Waals surface area contributed by atoms with E-state index in [1.165, 1.54) is 32.1 Å². The van der Waals surface area contributed by atoms with Gasteiger partial charge in [0, 0.05) is 6.04 Å². The SMILES string of the molecule is CC(C)(C)OCC(=O)NC1C2CC3CC(C2)CC1C3. The molecule has 0 radical (unpaired) electrons. The molecule has 0 saturated heterocycles. The predicted octanol–water partition coefficient (Wildman–Crippen LogP) is 2.74. The van der Waals surface area contributed by atoms with Crippen molar-refractivity contribution in [2.75, 3.05) is 6.61 Å². The number of nitrogens with one attached hydrogen (secondary N) is 1. The van der Waals surface area contributed by atoms with Gasteiger partial charge in [-0.15, -0.1) is 0 Å². The van der Waals surface area contributed by atoms with Gasteiger partial charge < -0.3 is 10.1 Å². The molecule has 3 nitrogen and oxygen atoms in total. The minimum atomic E-state index is -0.235. The minimum Gasteiger partial charge on any atom is -0.366 e. The second-order valence-corrected chi connectivity index (χ2v) is 7.93. The molecule has 0 unspecified atom stereocenters. The molecule has 3 heteroatoms. The van der Waals surface area contributed by atoms with E-state index in [0.717, 1.165) is 23.7 Å². The molecule has 1 N–H and O–H groups in total. The van der Waals surface area contributed by atoms with E-state index in [-0.39, 0.29) is 18.1 Å². The summed E-state index contributed by atoms with van der Waals surface area (Å²) in [6, 6.07) is 0.434. The summed E-state index contributed by atoms with van der Waals surface area (Å²) in [6.07, 6.45) is 6.84. The van der Waals surface area contributed by atoms with E-state index in [1.807, 2.05) is 20.8 Å². The van der Waals surface area contributed by atoms with Crippen LogP contribution >= 0.6 is 0 Å². The highest BCUT2D eigenvalue weighted by Crippen LogP contribution is 2.53. The molecule has 0 aromatic rings. The summed E-state index contributed by atoms with van der Waals surface area (Å²) in [5, 5.41) is 3.27. The molecule has 0 aliphatic heterocycles. The zero-order chi connectivity index (χ0) is 13.6. The van der Waals surface area contributed by atoms with Gasteiger partial charge in [-0.05, 0) is 76.5 Å². The van der Waals surface area contributed by atoms with Crippen LogP contribution in [0.3, 0.4) is 0 Å². The lowest BCUT2D eigenvalue weighted by Crippen LogP contribution is -2.56. The number of carbonyl (C=O) groups excluding carboxylic acids is 1. The largest absolute Gasteiger partial charge is 0.366 e. The molecular weight excluding hydrogens is 238 g/mol. The maximum atomic E-state index is 12.0. The van der Waals surface area contributed by atoms with Crippen LogP contribution < -0.4 is 5.32 Å². The molecule has 4 saturated carbocycles. The van der Waals surface area contributed by atoms with Crippen LogP contribution in [0.4, 0.5) is 0 Å². The summed E-state index contributed by atoms with van der Waals surface area (Å²) < 4.78 is 5.57. The second-order valence-electron chi connectivity index (χ2n) is 7.93. The van der Waals surface area contributed by atoms with Gasteiger partial charge in [0.25, 0.3) is 0 Å². The Kier molecular flexibility index (Phi) is 3.36. The lowest BCUT2D eigenvalue weighted by molar-refractivity contribution is -0.134. The second kappa shape index (κ2) is 4.76. The Morgan fingerprint density at radius 3 is 2.05 bits per heavy atom. The van der Waals surface area contributed by atoms with Crippen molar-refractivity contribution < 1.29 is 9.53 Å². The third-order valence-corrected chi connectivity index (χ3v) is 5.19. The minimum absolute atomic E-state index is 0.0763. The van der Waals surface area contributed by atoms with Crippen molar-refractivity contribution in [1.82, 2.24) is 5.32 Å². The number of carbonyl (C=O) groups is 1. The summed E-state index contributed by atoms with van der Waals surface area (Å²) in [7, 11) is 0. The van der Waals surface area contributed by atoms with Gasteiger partial charge in [-0.25, -0.2) is 0 Å². The van der Waals surface area contributed by atoms with Crippen molar-refractivity contribution in [3.63, 3.8) is 0 Å². The average molecular weight is 265 g/mol. The van der Waals surface area contributed by atoms with Crippen LogP contribution in [0.15, 0.2) is 0 Å². The van der Waals surface area contributed by atoms with Crippen molar-refractivity contribution >= 4 is 5.91 Å². The molecule has 0 heterocycles. The predicted molar refractivity (Wildman–Crippen MR) is 74.7 cm³/mol. The maximum Gasteiger partial charge on any atom is 0.246 e. The first-order valence-corrected chi connectivity index (χ1v) is 7.84. The molecule has 0 aromatic heterocycles. The van der Waals surface area contributed by atoms with E-state index < -0.39 is 0 Å². The van der Waals surface area contributed by atoms with Crippen molar-refractivity contribution in [1.29, 1.82) is 0 Å². The maximum absolute atomic E-state index is 12.0. The fraction of sp³-hybridized carbons (Fsp3) is 0.938. The standard InChI is InChI=1S/C16H27NO2/c1-16(2,3)19-9-14(18)17-15-12-5-10-4-11(7-12)8-13(15)6-10/h10-13,15H,4-9H2,1-3H3,(H,17,18). The van der Waals surface area contributed by atoms with E-state index in [0.29, 0.717) is 6.04 Å². The molecule has 4 aliphatic carbocycles. The molecule has 0 aromatic carbocycles. The van der Waals surface area contributed by atoms with Gasteiger partial charge in [-0.1, -0.05) is 0 Å². The van der Waals surface area contributed by atoms with Crippen LogP contribution in [0.5, 0.6) is 0 Å². The molecule has 4 bridgehead atoms. The lowest BCUT2D eigenvalue weighted by atomic mass is 9.54. The fourth-order valence-electron chi connectivity index (χ4n) is 4.67. The molecule has 4 rings (SSSR count). The fourth-order valence-corrected chi connectivity index (χ4v) is 4.67.